The molecule has 6 heteroatoms. The minimum absolute atomic E-state index is 0.102. The molecule has 0 unspecified atom stereocenters. The molecule has 5 aromatic rings. The number of rotatable bonds is 2. The molecule has 0 saturated carbocycles. The van der Waals surface area contributed by atoms with Gasteiger partial charge >= 0.3 is 0 Å². The van der Waals surface area contributed by atoms with E-state index >= 15 is 0 Å². The summed E-state index contributed by atoms with van der Waals surface area (Å²) >= 11 is 0. The Balaban J connectivity index is 1.85. The van der Waals surface area contributed by atoms with Crippen LogP contribution in [0, 0.1) is 0 Å². The third kappa shape index (κ3) is 2.16. The molecule has 0 aliphatic rings. The topological polar surface area (TPSA) is 76.7 Å². The van der Waals surface area contributed by atoms with Crippen molar-refractivity contribution in [1.29, 1.82) is 0 Å². The normalized spacial score (nSPS) is 11.4. The molecule has 0 aliphatic carbocycles. The molecule has 4 aromatic heterocycles. The van der Waals surface area contributed by atoms with Crippen LogP contribution in [0.3, 0.4) is 0 Å². The van der Waals surface area contributed by atoms with Crippen molar-refractivity contribution in [2.75, 3.05) is 0 Å². The second-order valence-electron chi connectivity index (χ2n) is 6.16. The Hall–Kier alpha value is -3.67. The number of pyridine rings is 1. The molecule has 26 heavy (non-hydrogen) atoms. The van der Waals surface area contributed by atoms with E-state index in [2.05, 4.69) is 15.1 Å². The monoisotopic (exact) mass is 342 g/mol. The lowest BCUT2D eigenvalue weighted by molar-refractivity contribution is 0.618. The first-order chi connectivity index (χ1) is 12.7. The van der Waals surface area contributed by atoms with E-state index in [1.54, 1.807) is 23.1 Å². The highest BCUT2D eigenvalue weighted by atomic mass is 16.3. The molecule has 0 saturated heterocycles. The molecule has 0 amide bonds. The molecular weight excluding hydrogens is 328 g/mol. The lowest BCUT2D eigenvalue weighted by Gasteiger charge is -2.07. The number of hydrogen-bond acceptors (Lipinski definition) is 4. The van der Waals surface area contributed by atoms with Crippen LogP contribution in [0.5, 0.6) is 0 Å². The number of hydrogen-bond donors (Lipinski definition) is 1. The molecule has 0 aliphatic heterocycles. The van der Waals surface area contributed by atoms with Crippen molar-refractivity contribution < 1.29 is 4.42 Å². The number of nitrogens with zero attached hydrogens (tertiary/aromatic N) is 3. The lowest BCUT2D eigenvalue weighted by atomic mass is 10.0. The maximum Gasteiger partial charge on any atom is 0.193 e. The number of fused-ring (bicyclic) bond motifs is 2. The summed E-state index contributed by atoms with van der Waals surface area (Å²) in [7, 11) is 1.82. The quantitative estimate of drug-likeness (QED) is 0.530. The predicted octanol–water partition coefficient (Wildman–Crippen LogP) is 3.74. The summed E-state index contributed by atoms with van der Waals surface area (Å²) in [6, 6.07) is 11.1. The summed E-state index contributed by atoms with van der Waals surface area (Å²) in [4.78, 5) is 20.4. The summed E-state index contributed by atoms with van der Waals surface area (Å²) < 4.78 is 7.80. The van der Waals surface area contributed by atoms with E-state index in [4.69, 9.17) is 4.42 Å². The van der Waals surface area contributed by atoms with Crippen LogP contribution >= 0.6 is 0 Å². The highest BCUT2D eigenvalue weighted by Crippen LogP contribution is 2.32. The van der Waals surface area contributed by atoms with Crippen LogP contribution in [0.4, 0.5) is 0 Å². The van der Waals surface area contributed by atoms with Crippen molar-refractivity contribution in [1.82, 2.24) is 19.7 Å². The average Bonchev–Trinajstić information content (AvgIpc) is 3.30. The number of aryl methyl sites for hydroxylation is 1. The summed E-state index contributed by atoms with van der Waals surface area (Å²) in [6.45, 7) is 0. The Morgan fingerprint density at radius 2 is 2.08 bits per heavy atom. The van der Waals surface area contributed by atoms with Gasteiger partial charge in [-0.1, -0.05) is 12.1 Å². The van der Waals surface area contributed by atoms with E-state index in [0.29, 0.717) is 22.4 Å². The molecule has 0 fully saturated rings. The highest BCUT2D eigenvalue weighted by Gasteiger charge is 2.15. The Bertz CT molecular complexity index is 1330. The van der Waals surface area contributed by atoms with Gasteiger partial charge in [-0.05, 0) is 18.2 Å². The summed E-state index contributed by atoms with van der Waals surface area (Å²) in [6.07, 6.45) is 7.01. The molecule has 1 N–H and O–H groups in total. The number of benzene rings is 1. The van der Waals surface area contributed by atoms with Crippen molar-refractivity contribution in [2.45, 2.75) is 0 Å². The first-order valence-corrected chi connectivity index (χ1v) is 8.19. The lowest BCUT2D eigenvalue weighted by Crippen LogP contribution is -2.02. The fourth-order valence-electron chi connectivity index (χ4n) is 3.26. The van der Waals surface area contributed by atoms with Crippen LogP contribution in [0.15, 0.2) is 70.4 Å². The first-order valence-electron chi connectivity index (χ1n) is 8.19. The van der Waals surface area contributed by atoms with Crippen LogP contribution in [-0.2, 0) is 7.05 Å². The van der Waals surface area contributed by atoms with Gasteiger partial charge in [0.2, 0.25) is 0 Å². The second-order valence-corrected chi connectivity index (χ2v) is 6.16. The van der Waals surface area contributed by atoms with Crippen molar-refractivity contribution in [3.8, 4) is 22.6 Å². The highest BCUT2D eigenvalue weighted by molar-refractivity contribution is 6.01. The molecular formula is C20H14N4O2. The SMILES string of the molecule is Cn1cc(-c2cc(=O)c3ccnc(-c4cccc5[nH]ccc45)c3o2)cn1. The zero-order valence-corrected chi connectivity index (χ0v) is 13.9. The molecule has 0 spiro atoms. The number of H-pyrrole nitrogens is 1. The smallest absolute Gasteiger partial charge is 0.193 e. The van der Waals surface area contributed by atoms with Crippen LogP contribution in [0.2, 0.25) is 0 Å². The first kappa shape index (κ1) is 14.7. The predicted molar refractivity (Wildman–Crippen MR) is 99.8 cm³/mol. The van der Waals surface area contributed by atoms with Crippen LogP contribution in [0.1, 0.15) is 0 Å². The molecule has 4 heterocycles. The van der Waals surface area contributed by atoms with Crippen molar-refractivity contribution in [2.24, 2.45) is 7.05 Å². The number of aromatic amines is 1. The van der Waals surface area contributed by atoms with Crippen molar-refractivity contribution in [3.63, 3.8) is 0 Å². The minimum Gasteiger partial charge on any atom is -0.453 e. The zero-order chi connectivity index (χ0) is 17.7. The van der Waals surface area contributed by atoms with E-state index in [1.807, 2.05) is 43.7 Å². The minimum atomic E-state index is -0.102. The maximum atomic E-state index is 12.7. The molecule has 0 bridgehead atoms. The third-order valence-electron chi connectivity index (χ3n) is 4.48. The van der Waals surface area contributed by atoms with E-state index in [1.165, 1.54) is 6.07 Å². The number of nitrogens with one attached hydrogen (secondary N) is 1. The van der Waals surface area contributed by atoms with Crippen molar-refractivity contribution >= 4 is 21.9 Å². The molecule has 1 aromatic carbocycles. The fraction of sp³-hybridized carbons (Fsp3) is 0.0500. The van der Waals surface area contributed by atoms with Gasteiger partial charge in [0.25, 0.3) is 0 Å². The Morgan fingerprint density at radius 1 is 1.15 bits per heavy atom. The standard InChI is InChI=1S/C20H14N4O2/c1-24-11-12(10-23-24)18-9-17(25)15-6-8-22-19(20(15)26-18)14-3-2-4-16-13(14)5-7-21-16/h2-11,21H,1H3. The van der Waals surface area contributed by atoms with Crippen molar-refractivity contribution in [3.05, 3.63) is 71.4 Å². The van der Waals surface area contributed by atoms with Gasteiger partial charge in [-0.15, -0.1) is 0 Å². The van der Waals surface area contributed by atoms with Crippen LogP contribution < -0.4 is 5.43 Å². The second kappa shape index (κ2) is 5.42. The van der Waals surface area contributed by atoms with Gasteiger partial charge in [0, 0.05) is 48.2 Å². The van der Waals surface area contributed by atoms with Gasteiger partial charge < -0.3 is 9.40 Å². The third-order valence-corrected chi connectivity index (χ3v) is 4.48. The van der Waals surface area contributed by atoms with Gasteiger partial charge in [0.15, 0.2) is 11.0 Å². The molecule has 0 radical (unpaired) electrons. The van der Waals surface area contributed by atoms with Gasteiger partial charge in [0.05, 0.1) is 17.1 Å². The molecule has 126 valence electrons. The van der Waals surface area contributed by atoms with E-state index in [9.17, 15) is 4.79 Å². The van der Waals surface area contributed by atoms with E-state index in [-0.39, 0.29) is 5.43 Å². The Morgan fingerprint density at radius 3 is 2.92 bits per heavy atom. The van der Waals surface area contributed by atoms with E-state index in [0.717, 1.165) is 22.0 Å². The fourth-order valence-corrected chi connectivity index (χ4v) is 3.26. The van der Waals surface area contributed by atoms with Crippen LogP contribution in [0.25, 0.3) is 44.5 Å². The van der Waals surface area contributed by atoms with Gasteiger partial charge in [-0.3, -0.25) is 14.5 Å². The average molecular weight is 342 g/mol. The molecule has 6 nitrogen and oxygen atoms in total. The largest absolute Gasteiger partial charge is 0.453 e. The van der Waals surface area contributed by atoms with Gasteiger partial charge in [-0.2, -0.15) is 5.10 Å². The summed E-state index contributed by atoms with van der Waals surface area (Å²) in [5.41, 5.74) is 3.70. The van der Waals surface area contributed by atoms with E-state index < -0.39 is 0 Å². The van der Waals surface area contributed by atoms with Gasteiger partial charge in [0.1, 0.15) is 11.5 Å². The molecule has 0 atom stereocenters. The Labute approximate surface area is 147 Å². The van der Waals surface area contributed by atoms with Crippen LogP contribution in [-0.4, -0.2) is 19.7 Å². The summed E-state index contributed by atoms with van der Waals surface area (Å²) in [5, 5.41) is 5.69. The Kier molecular flexibility index (Phi) is 3.05. The summed E-state index contributed by atoms with van der Waals surface area (Å²) in [5.74, 6) is 0.478. The zero-order valence-electron chi connectivity index (χ0n) is 13.9. The van der Waals surface area contributed by atoms with Gasteiger partial charge in [-0.25, -0.2) is 0 Å². The molecule has 5 rings (SSSR count). The number of aromatic nitrogens is 4. The maximum absolute atomic E-state index is 12.7.